The molecule has 0 N–H and O–H groups in total. The molecule has 0 saturated carbocycles. The summed E-state index contributed by atoms with van der Waals surface area (Å²) in [4.78, 5) is 43.0. The van der Waals surface area contributed by atoms with Gasteiger partial charge < -0.3 is 9.47 Å². The van der Waals surface area contributed by atoms with Crippen molar-refractivity contribution in [3.8, 4) is 0 Å². The number of imidazole rings is 1. The number of anilines is 1. The van der Waals surface area contributed by atoms with Crippen molar-refractivity contribution >= 4 is 22.6 Å². The highest BCUT2D eigenvalue weighted by Gasteiger charge is 2.15. The lowest BCUT2D eigenvalue weighted by Gasteiger charge is -2.12. The van der Waals surface area contributed by atoms with E-state index in [1.165, 1.54) is 28.1 Å². The van der Waals surface area contributed by atoms with Crippen molar-refractivity contribution in [2.75, 3.05) is 19.0 Å². The smallest absolute Gasteiger partial charge is 0.332 e. The lowest BCUT2D eigenvalue weighted by molar-refractivity contribution is -0.119. The minimum atomic E-state index is -0.440. The first-order valence-electron chi connectivity index (χ1n) is 9.18. The summed E-state index contributed by atoms with van der Waals surface area (Å²) >= 11 is 0. The molecule has 1 aromatic carbocycles. The fourth-order valence-electron chi connectivity index (χ4n) is 3.24. The molecular weight excluding hydrogens is 358 g/mol. The monoisotopic (exact) mass is 383 g/mol. The van der Waals surface area contributed by atoms with Crippen molar-refractivity contribution < 1.29 is 4.79 Å². The molecule has 2 heterocycles. The lowest BCUT2D eigenvalue weighted by Crippen LogP contribution is -2.37. The maximum atomic E-state index is 12.4. The first-order valence-corrected chi connectivity index (χ1v) is 9.18. The Bertz CT molecular complexity index is 1120. The summed E-state index contributed by atoms with van der Waals surface area (Å²) in [5.41, 5.74) is 2.02. The van der Waals surface area contributed by atoms with E-state index in [4.69, 9.17) is 0 Å². The molecule has 0 spiro atoms. The minimum absolute atomic E-state index is 0.0279. The van der Waals surface area contributed by atoms with Gasteiger partial charge in [0, 0.05) is 40.3 Å². The number of carbonyl (C=O) groups is 1. The molecule has 0 bridgehead atoms. The second kappa shape index (κ2) is 7.84. The van der Waals surface area contributed by atoms with E-state index in [-0.39, 0.29) is 17.8 Å². The van der Waals surface area contributed by atoms with Crippen molar-refractivity contribution in [2.24, 2.45) is 14.1 Å². The van der Waals surface area contributed by atoms with E-state index in [0.29, 0.717) is 12.1 Å². The first kappa shape index (κ1) is 19.6. The van der Waals surface area contributed by atoms with Crippen LogP contribution in [-0.2, 0) is 31.9 Å². The highest BCUT2D eigenvalue weighted by Crippen LogP contribution is 2.14. The van der Waals surface area contributed by atoms with Gasteiger partial charge in [0.05, 0.1) is 12.9 Å². The molecule has 0 aliphatic carbocycles. The highest BCUT2D eigenvalue weighted by atomic mass is 16.2. The molecule has 0 saturated heterocycles. The van der Waals surface area contributed by atoms with Crippen LogP contribution in [0.5, 0.6) is 0 Å². The number of carbonyl (C=O) groups excluding carboxylic acids is 1. The Morgan fingerprint density at radius 2 is 1.75 bits per heavy atom. The molecule has 28 heavy (non-hydrogen) atoms. The van der Waals surface area contributed by atoms with E-state index >= 15 is 0 Å². The highest BCUT2D eigenvalue weighted by molar-refractivity contribution is 5.80. The van der Waals surface area contributed by atoms with Crippen LogP contribution in [0.4, 0.5) is 5.69 Å². The Labute approximate surface area is 162 Å². The molecule has 0 fully saturated rings. The average Bonchev–Trinajstić information content (AvgIpc) is 3.08. The average molecular weight is 383 g/mol. The molecule has 2 aromatic heterocycles. The lowest BCUT2D eigenvalue weighted by atomic mass is 10.1. The third-order valence-corrected chi connectivity index (χ3v) is 4.94. The molecule has 0 aliphatic heterocycles. The maximum Gasteiger partial charge on any atom is 0.332 e. The van der Waals surface area contributed by atoms with Crippen LogP contribution in [-0.4, -0.2) is 38.6 Å². The van der Waals surface area contributed by atoms with Crippen LogP contribution in [0.1, 0.15) is 18.4 Å². The number of aromatic nitrogens is 4. The van der Waals surface area contributed by atoms with Gasteiger partial charge in [0.25, 0.3) is 5.56 Å². The van der Waals surface area contributed by atoms with Crippen molar-refractivity contribution in [3.05, 3.63) is 57.0 Å². The van der Waals surface area contributed by atoms with E-state index in [1.54, 1.807) is 7.05 Å². The van der Waals surface area contributed by atoms with Crippen LogP contribution < -0.4 is 16.1 Å². The molecule has 0 amide bonds. The Morgan fingerprint density at radius 1 is 1.07 bits per heavy atom. The molecule has 3 aromatic rings. The Kier molecular flexibility index (Phi) is 5.48. The number of rotatable bonds is 7. The second-order valence-electron chi connectivity index (χ2n) is 7.20. The third kappa shape index (κ3) is 3.76. The molecule has 0 aliphatic rings. The number of nitrogens with zero attached hydrogens (tertiary/aromatic N) is 5. The summed E-state index contributed by atoms with van der Waals surface area (Å²) in [5, 5.41) is 0. The zero-order chi connectivity index (χ0) is 20.4. The van der Waals surface area contributed by atoms with E-state index in [9.17, 15) is 14.4 Å². The summed E-state index contributed by atoms with van der Waals surface area (Å²) in [6, 6.07) is 8.28. The Hall–Kier alpha value is -3.16. The van der Waals surface area contributed by atoms with E-state index in [0.717, 1.165) is 23.1 Å². The SMILES string of the molecule is CN(C)c1ccc(CCCC(=O)Cn2cnc3c2c(=O)n(C)c(=O)n3C)cc1. The fraction of sp³-hybridized carbons (Fsp3) is 0.400. The zero-order valence-electron chi connectivity index (χ0n) is 16.7. The molecule has 3 rings (SSSR count). The van der Waals surface area contributed by atoms with Gasteiger partial charge in [-0.2, -0.15) is 0 Å². The molecule has 0 atom stereocenters. The van der Waals surface area contributed by atoms with Gasteiger partial charge in [0.15, 0.2) is 16.9 Å². The van der Waals surface area contributed by atoms with Gasteiger partial charge >= 0.3 is 5.69 Å². The predicted octanol–water partition coefficient (Wildman–Crippen LogP) is 1.09. The molecule has 0 radical (unpaired) electrons. The van der Waals surface area contributed by atoms with Crippen LogP contribution in [0, 0.1) is 0 Å². The number of hydrogen-bond donors (Lipinski definition) is 0. The Balaban J connectivity index is 1.65. The number of benzene rings is 1. The molecular formula is C20H25N5O3. The number of ketones is 1. The van der Waals surface area contributed by atoms with Crippen LogP contribution in [0.2, 0.25) is 0 Å². The molecule has 8 nitrogen and oxygen atoms in total. The third-order valence-electron chi connectivity index (χ3n) is 4.94. The number of Topliss-reactive ketones (excluding diaryl/α,β-unsaturated/α-hetero) is 1. The Morgan fingerprint density at radius 3 is 2.39 bits per heavy atom. The van der Waals surface area contributed by atoms with Crippen LogP contribution in [0.15, 0.2) is 40.2 Å². The first-order chi connectivity index (χ1) is 13.3. The van der Waals surface area contributed by atoms with E-state index in [1.807, 2.05) is 19.0 Å². The summed E-state index contributed by atoms with van der Waals surface area (Å²) in [6.45, 7) is 0.0729. The van der Waals surface area contributed by atoms with Crippen molar-refractivity contribution in [3.63, 3.8) is 0 Å². The largest absolute Gasteiger partial charge is 0.378 e. The summed E-state index contributed by atoms with van der Waals surface area (Å²) in [6.07, 6.45) is 3.42. The van der Waals surface area contributed by atoms with Crippen molar-refractivity contribution in [1.82, 2.24) is 18.7 Å². The van der Waals surface area contributed by atoms with Gasteiger partial charge in [0.1, 0.15) is 0 Å². The van der Waals surface area contributed by atoms with Crippen LogP contribution in [0.25, 0.3) is 11.2 Å². The van der Waals surface area contributed by atoms with Crippen molar-refractivity contribution in [2.45, 2.75) is 25.8 Å². The molecule has 0 unspecified atom stereocenters. The second-order valence-corrected chi connectivity index (χ2v) is 7.20. The van der Waals surface area contributed by atoms with E-state index < -0.39 is 11.2 Å². The predicted molar refractivity (Wildman–Crippen MR) is 109 cm³/mol. The number of aryl methyl sites for hydroxylation is 2. The topological polar surface area (TPSA) is 82.1 Å². The quantitative estimate of drug-likeness (QED) is 0.610. The summed E-state index contributed by atoms with van der Waals surface area (Å²) in [5.74, 6) is 0.0279. The zero-order valence-corrected chi connectivity index (χ0v) is 16.7. The maximum absolute atomic E-state index is 12.4. The fourth-order valence-corrected chi connectivity index (χ4v) is 3.24. The number of fused-ring (bicyclic) bond motifs is 1. The van der Waals surface area contributed by atoms with Gasteiger partial charge in [-0.15, -0.1) is 0 Å². The molecule has 148 valence electrons. The summed E-state index contributed by atoms with van der Waals surface area (Å²) < 4.78 is 3.88. The minimum Gasteiger partial charge on any atom is -0.378 e. The van der Waals surface area contributed by atoms with Crippen LogP contribution in [0.3, 0.4) is 0 Å². The van der Waals surface area contributed by atoms with Crippen LogP contribution >= 0.6 is 0 Å². The van der Waals surface area contributed by atoms with Gasteiger partial charge in [-0.1, -0.05) is 12.1 Å². The van der Waals surface area contributed by atoms with Gasteiger partial charge in [0.2, 0.25) is 0 Å². The number of hydrogen-bond acceptors (Lipinski definition) is 5. The van der Waals surface area contributed by atoms with Crippen molar-refractivity contribution in [1.29, 1.82) is 0 Å². The standard InChI is InChI=1S/C20H25N5O3/c1-22(2)15-10-8-14(9-11-15)6-5-7-16(26)12-25-13-21-18-17(25)19(27)24(4)20(28)23(18)3/h8-11,13H,5-7,12H2,1-4H3. The molecule has 8 heteroatoms. The van der Waals surface area contributed by atoms with E-state index in [2.05, 4.69) is 29.2 Å². The summed E-state index contributed by atoms with van der Waals surface area (Å²) in [7, 11) is 6.98. The normalized spacial score (nSPS) is 11.1. The van der Waals surface area contributed by atoms with Gasteiger partial charge in [-0.05, 0) is 30.5 Å². The van der Waals surface area contributed by atoms with Gasteiger partial charge in [-0.25, -0.2) is 9.78 Å². The van der Waals surface area contributed by atoms with Gasteiger partial charge in [-0.3, -0.25) is 18.7 Å².